The van der Waals surface area contributed by atoms with Crippen LogP contribution in [0.5, 0.6) is 0 Å². The van der Waals surface area contributed by atoms with Crippen molar-refractivity contribution in [2.75, 3.05) is 0 Å². The zero-order chi connectivity index (χ0) is 16.9. The molecule has 1 aliphatic carbocycles. The van der Waals surface area contributed by atoms with E-state index < -0.39 is 0 Å². The van der Waals surface area contributed by atoms with Crippen LogP contribution in [0.4, 0.5) is 0 Å². The zero-order valence-electron chi connectivity index (χ0n) is 15.6. The van der Waals surface area contributed by atoms with Crippen LogP contribution in [0, 0.1) is 5.92 Å². The Balaban J connectivity index is 1.65. The molecule has 0 aliphatic heterocycles. The Morgan fingerprint density at radius 3 is 1.83 bits per heavy atom. The van der Waals surface area contributed by atoms with Gasteiger partial charge in [0.1, 0.15) is 0 Å². The van der Waals surface area contributed by atoms with Gasteiger partial charge in [-0.3, -0.25) is 0 Å². The van der Waals surface area contributed by atoms with E-state index >= 15 is 0 Å². The highest BCUT2D eigenvalue weighted by Gasteiger charge is 2.21. The maximum atomic E-state index is 2.37. The molecule has 0 aromatic heterocycles. The van der Waals surface area contributed by atoms with Crippen LogP contribution in [0.25, 0.3) is 11.1 Å². The summed E-state index contributed by atoms with van der Waals surface area (Å²) in [5, 5.41) is 0. The Kier molecular flexibility index (Phi) is 5.76. The molecule has 2 aromatic rings. The molecule has 0 unspecified atom stereocenters. The first kappa shape index (κ1) is 17.3. The lowest BCUT2D eigenvalue weighted by Gasteiger charge is -2.28. The SMILES string of the molecule is CCCC1CCC(c2ccc(-c3ccc(C(C)C)cc3)cc2)CC1. The summed E-state index contributed by atoms with van der Waals surface area (Å²) in [6, 6.07) is 18.4. The van der Waals surface area contributed by atoms with Gasteiger partial charge in [0, 0.05) is 0 Å². The van der Waals surface area contributed by atoms with Gasteiger partial charge in [-0.2, -0.15) is 0 Å². The molecular weight excluding hydrogens is 288 g/mol. The van der Waals surface area contributed by atoms with Crippen molar-refractivity contribution in [2.24, 2.45) is 5.92 Å². The van der Waals surface area contributed by atoms with Crippen molar-refractivity contribution in [3.8, 4) is 11.1 Å². The van der Waals surface area contributed by atoms with Gasteiger partial charge in [-0.15, -0.1) is 0 Å². The molecular formula is C24H32. The van der Waals surface area contributed by atoms with Crippen LogP contribution in [0.3, 0.4) is 0 Å². The first-order chi connectivity index (χ1) is 11.7. The molecule has 3 rings (SSSR count). The molecule has 1 aliphatic rings. The second-order valence-electron chi connectivity index (χ2n) is 7.91. The highest BCUT2D eigenvalue weighted by atomic mass is 14.3. The Morgan fingerprint density at radius 2 is 1.33 bits per heavy atom. The van der Waals surface area contributed by atoms with Gasteiger partial charge in [0.15, 0.2) is 0 Å². The number of hydrogen-bond donors (Lipinski definition) is 0. The van der Waals surface area contributed by atoms with Gasteiger partial charge in [-0.05, 0) is 65.7 Å². The van der Waals surface area contributed by atoms with Crippen LogP contribution >= 0.6 is 0 Å². The zero-order valence-corrected chi connectivity index (χ0v) is 15.6. The first-order valence-corrected chi connectivity index (χ1v) is 9.87. The van der Waals surface area contributed by atoms with E-state index in [2.05, 4.69) is 69.3 Å². The van der Waals surface area contributed by atoms with Crippen molar-refractivity contribution >= 4 is 0 Å². The molecule has 0 nitrogen and oxygen atoms in total. The fourth-order valence-corrected chi connectivity index (χ4v) is 4.20. The van der Waals surface area contributed by atoms with Crippen LogP contribution < -0.4 is 0 Å². The minimum absolute atomic E-state index is 0.601. The minimum Gasteiger partial charge on any atom is -0.0654 e. The molecule has 2 aromatic carbocycles. The summed E-state index contributed by atoms with van der Waals surface area (Å²) in [5.41, 5.74) is 5.64. The molecule has 1 fully saturated rings. The number of hydrogen-bond acceptors (Lipinski definition) is 0. The van der Waals surface area contributed by atoms with E-state index in [1.165, 1.54) is 55.2 Å². The van der Waals surface area contributed by atoms with E-state index in [-0.39, 0.29) is 0 Å². The largest absolute Gasteiger partial charge is 0.0654 e. The summed E-state index contributed by atoms with van der Waals surface area (Å²) in [6.45, 7) is 6.82. The van der Waals surface area contributed by atoms with E-state index in [4.69, 9.17) is 0 Å². The van der Waals surface area contributed by atoms with Gasteiger partial charge < -0.3 is 0 Å². The van der Waals surface area contributed by atoms with Crippen LogP contribution in [-0.2, 0) is 0 Å². The summed E-state index contributed by atoms with van der Waals surface area (Å²) in [4.78, 5) is 0. The molecule has 0 radical (unpaired) electrons. The quantitative estimate of drug-likeness (QED) is 0.533. The van der Waals surface area contributed by atoms with Crippen LogP contribution in [-0.4, -0.2) is 0 Å². The smallest absolute Gasteiger partial charge is 0.0162 e. The normalized spacial score (nSPS) is 21.2. The highest BCUT2D eigenvalue weighted by Crippen LogP contribution is 2.38. The Hall–Kier alpha value is -1.56. The molecule has 0 heterocycles. The van der Waals surface area contributed by atoms with Crippen molar-refractivity contribution in [1.82, 2.24) is 0 Å². The lowest BCUT2D eigenvalue weighted by atomic mass is 9.77. The van der Waals surface area contributed by atoms with Crippen molar-refractivity contribution in [2.45, 2.75) is 71.1 Å². The summed E-state index contributed by atoms with van der Waals surface area (Å²) >= 11 is 0. The number of benzene rings is 2. The second-order valence-corrected chi connectivity index (χ2v) is 7.91. The van der Waals surface area contributed by atoms with Gasteiger partial charge in [0.05, 0.1) is 0 Å². The average molecular weight is 321 g/mol. The fourth-order valence-electron chi connectivity index (χ4n) is 4.20. The summed E-state index contributed by atoms with van der Waals surface area (Å²) in [7, 11) is 0. The predicted molar refractivity (Wildman–Crippen MR) is 106 cm³/mol. The van der Waals surface area contributed by atoms with E-state index in [1.807, 2.05) is 0 Å². The topological polar surface area (TPSA) is 0 Å². The molecule has 128 valence electrons. The molecule has 0 atom stereocenters. The van der Waals surface area contributed by atoms with Gasteiger partial charge in [-0.25, -0.2) is 0 Å². The third-order valence-corrected chi connectivity index (χ3v) is 5.84. The van der Waals surface area contributed by atoms with Gasteiger partial charge in [0.25, 0.3) is 0 Å². The molecule has 0 heteroatoms. The monoisotopic (exact) mass is 320 g/mol. The number of rotatable bonds is 5. The van der Waals surface area contributed by atoms with E-state index in [0.717, 1.165) is 11.8 Å². The Bertz CT molecular complexity index is 610. The van der Waals surface area contributed by atoms with Crippen molar-refractivity contribution < 1.29 is 0 Å². The minimum atomic E-state index is 0.601. The molecule has 1 saturated carbocycles. The van der Waals surface area contributed by atoms with Crippen LogP contribution in [0.2, 0.25) is 0 Å². The van der Waals surface area contributed by atoms with Crippen molar-refractivity contribution in [1.29, 1.82) is 0 Å². The molecule has 0 amide bonds. The maximum absolute atomic E-state index is 2.37. The van der Waals surface area contributed by atoms with Gasteiger partial charge in [0.2, 0.25) is 0 Å². The third kappa shape index (κ3) is 4.09. The fraction of sp³-hybridized carbons (Fsp3) is 0.500. The second kappa shape index (κ2) is 8.01. The Morgan fingerprint density at radius 1 is 0.792 bits per heavy atom. The highest BCUT2D eigenvalue weighted by molar-refractivity contribution is 5.64. The lowest BCUT2D eigenvalue weighted by Crippen LogP contribution is -2.13. The summed E-state index contributed by atoms with van der Waals surface area (Å²) < 4.78 is 0. The van der Waals surface area contributed by atoms with E-state index in [1.54, 1.807) is 5.56 Å². The molecule has 0 N–H and O–H groups in total. The molecule has 0 bridgehead atoms. The van der Waals surface area contributed by atoms with E-state index in [0.29, 0.717) is 5.92 Å². The third-order valence-electron chi connectivity index (χ3n) is 5.84. The summed E-state index contributed by atoms with van der Waals surface area (Å²) in [5.74, 6) is 2.38. The Labute approximate surface area is 148 Å². The first-order valence-electron chi connectivity index (χ1n) is 9.87. The predicted octanol–water partition coefficient (Wildman–Crippen LogP) is 7.55. The lowest BCUT2D eigenvalue weighted by molar-refractivity contribution is 0.308. The molecule has 0 saturated heterocycles. The average Bonchev–Trinajstić information content (AvgIpc) is 2.63. The molecule has 0 spiro atoms. The standard InChI is InChI=1S/C24H32/c1-4-5-19-6-8-21(9-7-19)23-14-16-24(17-15-23)22-12-10-20(11-13-22)18(2)3/h10-19,21H,4-9H2,1-3H3. The van der Waals surface area contributed by atoms with Crippen LogP contribution in [0.15, 0.2) is 48.5 Å². The molecule has 24 heavy (non-hydrogen) atoms. The summed E-state index contributed by atoms with van der Waals surface area (Å²) in [6.07, 6.45) is 8.39. The van der Waals surface area contributed by atoms with E-state index in [9.17, 15) is 0 Å². The van der Waals surface area contributed by atoms with Crippen LogP contribution in [0.1, 0.15) is 82.3 Å². The maximum Gasteiger partial charge on any atom is -0.0162 e. The van der Waals surface area contributed by atoms with Crippen molar-refractivity contribution in [3.63, 3.8) is 0 Å². The van der Waals surface area contributed by atoms with Crippen molar-refractivity contribution in [3.05, 3.63) is 59.7 Å². The van der Waals surface area contributed by atoms with Gasteiger partial charge >= 0.3 is 0 Å². The van der Waals surface area contributed by atoms with Gasteiger partial charge in [-0.1, -0.05) is 82.1 Å².